The van der Waals surface area contributed by atoms with Gasteiger partial charge in [-0.25, -0.2) is 5.43 Å². The highest BCUT2D eigenvalue weighted by molar-refractivity contribution is 5.94. The van der Waals surface area contributed by atoms with E-state index in [2.05, 4.69) is 15.5 Å². The van der Waals surface area contributed by atoms with Crippen molar-refractivity contribution in [2.75, 3.05) is 0 Å². The van der Waals surface area contributed by atoms with Gasteiger partial charge in [-0.05, 0) is 23.8 Å². The van der Waals surface area contributed by atoms with Gasteiger partial charge in [-0.2, -0.15) is 5.10 Å². The van der Waals surface area contributed by atoms with Gasteiger partial charge in [-0.15, -0.1) is 0 Å². The molecule has 0 radical (unpaired) electrons. The maximum absolute atomic E-state index is 11.6. The summed E-state index contributed by atoms with van der Waals surface area (Å²) in [5.41, 5.74) is 3.98. The van der Waals surface area contributed by atoms with Crippen LogP contribution in [-0.2, 0) is 0 Å². The molecule has 5 heteroatoms. The van der Waals surface area contributed by atoms with Crippen LogP contribution in [-0.4, -0.2) is 22.6 Å². The standard InChI is InChI=1S/C15H13N3O.H2O/c19-15(14-9-5-10-16-12-14)18-17-11-4-8-13-6-2-1-3-7-13;/h1-12H,(H,18,19);1H2/b8-4+,17-11+;. The Balaban J connectivity index is 0.00000200. The molecule has 5 nitrogen and oxygen atoms in total. The monoisotopic (exact) mass is 269 g/mol. The Labute approximate surface area is 117 Å². The molecule has 2 aromatic rings. The van der Waals surface area contributed by atoms with Crippen LogP contribution >= 0.6 is 0 Å². The molecule has 0 fully saturated rings. The minimum atomic E-state index is -0.280. The van der Waals surface area contributed by atoms with Gasteiger partial charge in [-0.3, -0.25) is 9.78 Å². The van der Waals surface area contributed by atoms with E-state index in [0.29, 0.717) is 5.56 Å². The number of nitrogens with zero attached hydrogens (tertiary/aromatic N) is 2. The van der Waals surface area contributed by atoms with Gasteiger partial charge in [0.15, 0.2) is 0 Å². The minimum absolute atomic E-state index is 0. The van der Waals surface area contributed by atoms with Crippen LogP contribution < -0.4 is 5.43 Å². The van der Waals surface area contributed by atoms with Crippen molar-refractivity contribution >= 4 is 18.2 Å². The van der Waals surface area contributed by atoms with Crippen LogP contribution in [0.3, 0.4) is 0 Å². The van der Waals surface area contributed by atoms with Crippen molar-refractivity contribution in [3.05, 3.63) is 72.1 Å². The van der Waals surface area contributed by atoms with Gasteiger partial charge < -0.3 is 5.48 Å². The van der Waals surface area contributed by atoms with Crippen molar-refractivity contribution in [2.45, 2.75) is 0 Å². The van der Waals surface area contributed by atoms with E-state index >= 15 is 0 Å². The largest absolute Gasteiger partial charge is 0.412 e. The summed E-state index contributed by atoms with van der Waals surface area (Å²) in [5.74, 6) is -0.280. The number of allylic oxidation sites excluding steroid dienone is 1. The molecule has 1 amide bonds. The van der Waals surface area contributed by atoms with Crippen molar-refractivity contribution in [3.8, 4) is 0 Å². The summed E-state index contributed by atoms with van der Waals surface area (Å²) in [6.07, 6.45) is 8.30. The number of benzene rings is 1. The van der Waals surface area contributed by atoms with E-state index in [-0.39, 0.29) is 11.4 Å². The molecule has 0 aliphatic carbocycles. The summed E-state index contributed by atoms with van der Waals surface area (Å²) in [6.45, 7) is 0. The number of nitrogens with one attached hydrogen (secondary N) is 1. The zero-order valence-electron chi connectivity index (χ0n) is 10.7. The first kappa shape index (κ1) is 15.3. The molecule has 0 atom stereocenters. The highest BCUT2D eigenvalue weighted by Crippen LogP contribution is 1.99. The van der Waals surface area contributed by atoms with Gasteiger partial charge in [0.05, 0.1) is 5.56 Å². The lowest BCUT2D eigenvalue weighted by molar-refractivity contribution is 0.0955. The van der Waals surface area contributed by atoms with Crippen LogP contribution in [0.1, 0.15) is 15.9 Å². The number of aromatic nitrogens is 1. The maximum Gasteiger partial charge on any atom is 0.272 e. The fraction of sp³-hybridized carbons (Fsp3) is 0. The first-order valence-electron chi connectivity index (χ1n) is 5.81. The Hall–Kier alpha value is -2.79. The van der Waals surface area contributed by atoms with Crippen molar-refractivity contribution in [1.29, 1.82) is 0 Å². The summed E-state index contributed by atoms with van der Waals surface area (Å²) >= 11 is 0. The van der Waals surface area contributed by atoms with Crippen LogP contribution in [0.4, 0.5) is 0 Å². The number of amides is 1. The lowest BCUT2D eigenvalue weighted by atomic mass is 10.2. The van der Waals surface area contributed by atoms with E-state index < -0.39 is 0 Å². The highest BCUT2D eigenvalue weighted by Gasteiger charge is 2.01. The molecule has 0 bridgehead atoms. The van der Waals surface area contributed by atoms with E-state index in [0.717, 1.165) is 5.56 Å². The smallest absolute Gasteiger partial charge is 0.272 e. The predicted molar refractivity (Wildman–Crippen MR) is 79.3 cm³/mol. The van der Waals surface area contributed by atoms with E-state index in [1.165, 1.54) is 12.4 Å². The van der Waals surface area contributed by atoms with Gasteiger partial charge in [0.2, 0.25) is 0 Å². The highest BCUT2D eigenvalue weighted by atomic mass is 16.2. The summed E-state index contributed by atoms with van der Waals surface area (Å²) in [7, 11) is 0. The van der Waals surface area contributed by atoms with Crippen molar-refractivity contribution in [2.24, 2.45) is 5.10 Å². The van der Waals surface area contributed by atoms with E-state index in [1.54, 1.807) is 24.4 Å². The second-order valence-electron chi connectivity index (χ2n) is 3.73. The number of carbonyl (C=O) groups is 1. The molecule has 20 heavy (non-hydrogen) atoms. The summed E-state index contributed by atoms with van der Waals surface area (Å²) < 4.78 is 0. The van der Waals surface area contributed by atoms with Crippen molar-refractivity contribution in [3.63, 3.8) is 0 Å². The maximum atomic E-state index is 11.6. The van der Waals surface area contributed by atoms with E-state index in [4.69, 9.17) is 0 Å². The Morgan fingerprint density at radius 2 is 1.95 bits per heavy atom. The topological polar surface area (TPSA) is 85.9 Å². The molecule has 0 saturated heterocycles. The molecule has 1 heterocycles. The number of carbonyl (C=O) groups excluding carboxylic acids is 1. The molecule has 1 aromatic carbocycles. The third kappa shape index (κ3) is 4.83. The molecule has 0 unspecified atom stereocenters. The van der Waals surface area contributed by atoms with Gasteiger partial charge >= 0.3 is 0 Å². The number of pyridine rings is 1. The second kappa shape index (κ2) is 8.34. The lowest BCUT2D eigenvalue weighted by Gasteiger charge is -1.96. The first-order valence-corrected chi connectivity index (χ1v) is 5.81. The van der Waals surface area contributed by atoms with E-state index in [9.17, 15) is 4.79 Å². The molecular weight excluding hydrogens is 254 g/mol. The molecule has 102 valence electrons. The minimum Gasteiger partial charge on any atom is -0.412 e. The Kier molecular flexibility index (Phi) is 6.36. The van der Waals surface area contributed by atoms with Crippen LogP contribution in [0.25, 0.3) is 6.08 Å². The van der Waals surface area contributed by atoms with Gasteiger partial charge in [0, 0.05) is 18.6 Å². The summed E-state index contributed by atoms with van der Waals surface area (Å²) in [6, 6.07) is 13.2. The molecule has 1 aromatic heterocycles. The zero-order chi connectivity index (χ0) is 13.3. The third-order valence-electron chi connectivity index (χ3n) is 2.34. The van der Waals surface area contributed by atoms with Crippen LogP contribution in [0.15, 0.2) is 66.0 Å². The Bertz CT molecular complexity index is 581. The zero-order valence-corrected chi connectivity index (χ0v) is 10.7. The molecular formula is C15H15N3O2. The van der Waals surface area contributed by atoms with Crippen LogP contribution in [0.2, 0.25) is 0 Å². The fourth-order valence-corrected chi connectivity index (χ4v) is 1.42. The molecule has 0 spiro atoms. The van der Waals surface area contributed by atoms with Crippen LogP contribution in [0, 0.1) is 0 Å². The second-order valence-corrected chi connectivity index (χ2v) is 3.73. The van der Waals surface area contributed by atoms with Crippen LogP contribution in [0.5, 0.6) is 0 Å². The normalized spacial score (nSPS) is 10.4. The number of rotatable bonds is 4. The van der Waals surface area contributed by atoms with E-state index in [1.807, 2.05) is 36.4 Å². The van der Waals surface area contributed by atoms with Gasteiger partial charge in [0.1, 0.15) is 0 Å². The average Bonchev–Trinajstić information content (AvgIpc) is 2.49. The molecule has 2 rings (SSSR count). The summed E-state index contributed by atoms with van der Waals surface area (Å²) in [4.78, 5) is 15.5. The number of hydrogen-bond acceptors (Lipinski definition) is 3. The SMILES string of the molecule is O.O=C(N/N=C/C=C/c1ccccc1)c1cccnc1. The summed E-state index contributed by atoms with van der Waals surface area (Å²) in [5, 5.41) is 3.82. The third-order valence-corrected chi connectivity index (χ3v) is 2.34. The van der Waals surface area contributed by atoms with Gasteiger partial charge in [-0.1, -0.05) is 36.4 Å². The average molecular weight is 269 g/mol. The van der Waals surface area contributed by atoms with Crippen molar-refractivity contribution < 1.29 is 10.3 Å². The Morgan fingerprint density at radius 1 is 1.15 bits per heavy atom. The van der Waals surface area contributed by atoms with Crippen molar-refractivity contribution in [1.82, 2.24) is 10.4 Å². The number of hydrogen-bond donors (Lipinski definition) is 1. The lowest BCUT2D eigenvalue weighted by Crippen LogP contribution is -2.17. The fourth-order valence-electron chi connectivity index (χ4n) is 1.42. The molecule has 0 saturated carbocycles. The molecule has 0 aliphatic heterocycles. The molecule has 0 aliphatic rings. The molecule has 3 N–H and O–H groups in total. The quantitative estimate of drug-likeness (QED) is 0.676. The number of hydrazone groups is 1. The predicted octanol–water partition coefficient (Wildman–Crippen LogP) is 1.69. The Morgan fingerprint density at radius 3 is 2.65 bits per heavy atom. The van der Waals surface area contributed by atoms with Gasteiger partial charge in [0.25, 0.3) is 5.91 Å². The first-order chi connectivity index (χ1) is 9.36.